The van der Waals surface area contributed by atoms with E-state index in [9.17, 15) is 0 Å². The molecule has 1 aliphatic rings. The van der Waals surface area contributed by atoms with Crippen molar-refractivity contribution in [3.8, 4) is 0 Å². The number of hydrogen-bond acceptors (Lipinski definition) is 1. The lowest BCUT2D eigenvalue weighted by Crippen LogP contribution is -1.98. The molecule has 1 saturated carbocycles. The average Bonchev–Trinajstić information content (AvgIpc) is 2.37. The third-order valence-corrected chi connectivity index (χ3v) is 2.50. The van der Waals surface area contributed by atoms with Gasteiger partial charge in [-0.3, -0.25) is 4.99 Å². The van der Waals surface area contributed by atoms with Crippen LogP contribution in [-0.4, -0.2) is 6.21 Å². The van der Waals surface area contributed by atoms with Gasteiger partial charge in [0.1, 0.15) is 0 Å². The molecule has 1 fully saturated rings. The van der Waals surface area contributed by atoms with Crippen LogP contribution in [-0.2, 0) is 0 Å². The smallest absolute Gasteiger partial charge is 0.0226 e. The van der Waals surface area contributed by atoms with Crippen LogP contribution in [0.2, 0.25) is 0 Å². The Bertz CT molecular complexity index is 158. The van der Waals surface area contributed by atoms with Crippen molar-refractivity contribution in [2.24, 2.45) is 16.8 Å². The van der Waals surface area contributed by atoms with E-state index >= 15 is 0 Å². The van der Waals surface area contributed by atoms with E-state index in [4.69, 9.17) is 0 Å². The fraction of sp³-hybridized carbons (Fsp3) is 0.700. The summed E-state index contributed by atoms with van der Waals surface area (Å²) in [6.45, 7) is 4.28. The maximum absolute atomic E-state index is 4.06. The minimum atomic E-state index is 0.790. The first-order valence-electron chi connectivity index (χ1n) is 4.49. The van der Waals surface area contributed by atoms with Crippen LogP contribution in [0.3, 0.4) is 0 Å². The minimum Gasteiger partial charge on any atom is -0.270 e. The van der Waals surface area contributed by atoms with Gasteiger partial charge in [0.05, 0.1) is 0 Å². The van der Waals surface area contributed by atoms with Crippen LogP contribution in [0.25, 0.3) is 0 Å². The molecular formula is C10H17N. The molecule has 0 bridgehead atoms. The van der Waals surface area contributed by atoms with E-state index in [1.54, 1.807) is 0 Å². The van der Waals surface area contributed by atoms with E-state index in [-0.39, 0.29) is 0 Å². The molecule has 0 amide bonds. The van der Waals surface area contributed by atoms with E-state index in [2.05, 4.69) is 18.0 Å². The topological polar surface area (TPSA) is 12.4 Å². The molecule has 1 heteroatoms. The summed E-state index contributed by atoms with van der Waals surface area (Å²) in [5, 5.41) is 0. The SMILES string of the molecule is CC=N/C=C\C1CCC[C@H]1C. The predicted molar refractivity (Wildman–Crippen MR) is 49.8 cm³/mol. The maximum Gasteiger partial charge on any atom is 0.0226 e. The summed E-state index contributed by atoms with van der Waals surface area (Å²) in [5.74, 6) is 1.66. The van der Waals surface area contributed by atoms with Crippen molar-refractivity contribution in [3.63, 3.8) is 0 Å². The lowest BCUT2D eigenvalue weighted by atomic mass is 9.98. The number of hydrogen-bond donors (Lipinski definition) is 0. The van der Waals surface area contributed by atoms with E-state index in [0.29, 0.717) is 0 Å². The largest absolute Gasteiger partial charge is 0.270 e. The Labute approximate surface area is 69.2 Å². The van der Waals surface area contributed by atoms with Crippen molar-refractivity contribution in [1.82, 2.24) is 0 Å². The Kier molecular flexibility index (Phi) is 3.34. The number of allylic oxidation sites excluding steroid dienone is 1. The van der Waals surface area contributed by atoms with E-state index in [1.165, 1.54) is 19.3 Å². The summed E-state index contributed by atoms with van der Waals surface area (Å²) in [7, 11) is 0. The molecule has 2 atom stereocenters. The molecule has 1 aliphatic carbocycles. The van der Waals surface area contributed by atoms with Crippen LogP contribution >= 0.6 is 0 Å². The second-order valence-corrected chi connectivity index (χ2v) is 3.32. The summed E-state index contributed by atoms with van der Waals surface area (Å²) in [6.07, 6.45) is 10.2. The third kappa shape index (κ3) is 2.49. The van der Waals surface area contributed by atoms with Crippen molar-refractivity contribution < 1.29 is 0 Å². The van der Waals surface area contributed by atoms with Crippen LogP contribution in [0.1, 0.15) is 33.1 Å². The zero-order chi connectivity index (χ0) is 8.10. The van der Waals surface area contributed by atoms with Crippen molar-refractivity contribution in [3.05, 3.63) is 12.3 Å². The Morgan fingerprint density at radius 1 is 1.36 bits per heavy atom. The van der Waals surface area contributed by atoms with Gasteiger partial charge in [0.15, 0.2) is 0 Å². The average molecular weight is 151 g/mol. The van der Waals surface area contributed by atoms with Crippen molar-refractivity contribution >= 4 is 6.21 Å². The predicted octanol–water partition coefficient (Wildman–Crippen LogP) is 3.03. The Balaban J connectivity index is 2.35. The zero-order valence-electron chi connectivity index (χ0n) is 7.46. The first-order valence-corrected chi connectivity index (χ1v) is 4.49. The van der Waals surface area contributed by atoms with Crippen molar-refractivity contribution in [1.29, 1.82) is 0 Å². The molecule has 62 valence electrons. The lowest BCUT2D eigenvalue weighted by molar-refractivity contribution is 0.503. The number of nitrogens with zero attached hydrogens (tertiary/aromatic N) is 1. The summed E-state index contributed by atoms with van der Waals surface area (Å²) < 4.78 is 0. The van der Waals surface area contributed by atoms with E-state index in [0.717, 1.165) is 11.8 Å². The van der Waals surface area contributed by atoms with Gasteiger partial charge in [-0.15, -0.1) is 0 Å². The number of aliphatic imine (C=N–C) groups is 1. The minimum absolute atomic E-state index is 0.790. The highest BCUT2D eigenvalue weighted by molar-refractivity contribution is 5.54. The van der Waals surface area contributed by atoms with Gasteiger partial charge in [-0.25, -0.2) is 0 Å². The fourth-order valence-corrected chi connectivity index (χ4v) is 1.71. The molecule has 0 aromatic carbocycles. The highest BCUT2D eigenvalue weighted by atomic mass is 14.6. The van der Waals surface area contributed by atoms with Crippen LogP contribution in [0, 0.1) is 11.8 Å². The van der Waals surface area contributed by atoms with Gasteiger partial charge in [-0.2, -0.15) is 0 Å². The molecule has 0 spiro atoms. The fourth-order valence-electron chi connectivity index (χ4n) is 1.71. The van der Waals surface area contributed by atoms with Gasteiger partial charge in [0.25, 0.3) is 0 Å². The molecule has 1 unspecified atom stereocenters. The molecule has 0 N–H and O–H groups in total. The first kappa shape index (κ1) is 8.51. The van der Waals surface area contributed by atoms with Gasteiger partial charge < -0.3 is 0 Å². The van der Waals surface area contributed by atoms with E-state index < -0.39 is 0 Å². The van der Waals surface area contributed by atoms with Crippen LogP contribution in [0.5, 0.6) is 0 Å². The molecule has 1 nitrogen and oxygen atoms in total. The highest BCUT2D eigenvalue weighted by Crippen LogP contribution is 2.31. The Morgan fingerprint density at radius 3 is 2.73 bits per heavy atom. The second-order valence-electron chi connectivity index (χ2n) is 3.32. The summed E-state index contributed by atoms with van der Waals surface area (Å²) in [4.78, 5) is 4.06. The molecular weight excluding hydrogens is 134 g/mol. The maximum atomic E-state index is 4.06. The molecule has 0 aromatic heterocycles. The first-order chi connectivity index (χ1) is 5.34. The van der Waals surface area contributed by atoms with Gasteiger partial charge >= 0.3 is 0 Å². The molecule has 0 radical (unpaired) electrons. The second kappa shape index (κ2) is 4.32. The van der Waals surface area contributed by atoms with Crippen molar-refractivity contribution in [2.75, 3.05) is 0 Å². The summed E-state index contributed by atoms with van der Waals surface area (Å²) in [5.41, 5.74) is 0. The van der Waals surface area contributed by atoms with Gasteiger partial charge in [0.2, 0.25) is 0 Å². The van der Waals surface area contributed by atoms with Crippen molar-refractivity contribution in [2.45, 2.75) is 33.1 Å². The van der Waals surface area contributed by atoms with Gasteiger partial charge in [-0.05, 0) is 25.2 Å². The normalized spacial score (nSPS) is 32.5. The monoisotopic (exact) mass is 151 g/mol. The Morgan fingerprint density at radius 2 is 2.18 bits per heavy atom. The summed E-state index contributed by atoms with van der Waals surface area (Å²) >= 11 is 0. The molecule has 0 heterocycles. The third-order valence-electron chi connectivity index (χ3n) is 2.50. The summed E-state index contributed by atoms with van der Waals surface area (Å²) in [6, 6.07) is 0. The molecule has 0 aliphatic heterocycles. The highest BCUT2D eigenvalue weighted by Gasteiger charge is 2.20. The molecule has 11 heavy (non-hydrogen) atoms. The Hall–Kier alpha value is -0.590. The van der Waals surface area contributed by atoms with E-state index in [1.807, 2.05) is 19.3 Å². The molecule has 0 aromatic rings. The standard InChI is InChI=1S/C10H17N/c1-3-11-8-7-10-6-4-5-9(10)2/h3,7-10H,4-6H2,1-2H3/b8-7-,11-3?/t9-,10?/m1/s1. The molecule has 0 saturated heterocycles. The van der Waals surface area contributed by atoms with Gasteiger partial charge in [0, 0.05) is 12.4 Å². The zero-order valence-corrected chi connectivity index (χ0v) is 7.46. The van der Waals surface area contributed by atoms with Gasteiger partial charge in [-0.1, -0.05) is 25.8 Å². The lowest BCUT2D eigenvalue weighted by Gasteiger charge is -2.07. The van der Waals surface area contributed by atoms with Crippen LogP contribution < -0.4 is 0 Å². The quantitative estimate of drug-likeness (QED) is 0.538. The van der Waals surface area contributed by atoms with Crippen LogP contribution in [0.15, 0.2) is 17.3 Å². The van der Waals surface area contributed by atoms with Crippen LogP contribution in [0.4, 0.5) is 0 Å². The molecule has 1 rings (SSSR count). The number of rotatable bonds is 2.